The zero-order valence-electron chi connectivity index (χ0n) is 18.0. The van der Waals surface area contributed by atoms with Crippen molar-refractivity contribution in [2.75, 3.05) is 0 Å². The summed E-state index contributed by atoms with van der Waals surface area (Å²) in [4.78, 5) is 0. The summed E-state index contributed by atoms with van der Waals surface area (Å²) in [6.45, 7) is 2.16. The summed E-state index contributed by atoms with van der Waals surface area (Å²) < 4.78 is 82.0. The summed E-state index contributed by atoms with van der Waals surface area (Å²) in [7, 11) is 0. The van der Waals surface area contributed by atoms with E-state index in [0.717, 1.165) is 23.6 Å². The Kier molecular flexibility index (Phi) is 6.37. The minimum Gasteiger partial charge on any atom is -0.206 e. The van der Waals surface area contributed by atoms with E-state index in [-0.39, 0.29) is 16.5 Å². The van der Waals surface area contributed by atoms with Crippen LogP contribution in [-0.4, -0.2) is 0 Å². The average Bonchev–Trinajstić information content (AvgIpc) is 2.75. The van der Waals surface area contributed by atoms with Crippen LogP contribution < -0.4 is 0 Å². The predicted octanol–water partition coefficient (Wildman–Crippen LogP) is 9.22. The van der Waals surface area contributed by atoms with Gasteiger partial charge in [0.05, 0.1) is 0 Å². The molecule has 0 fully saturated rings. The van der Waals surface area contributed by atoms with E-state index in [4.69, 9.17) is 0 Å². The molecule has 0 spiro atoms. The lowest BCUT2D eigenvalue weighted by atomic mass is 9.94. The number of benzene rings is 4. The van der Waals surface area contributed by atoms with Crippen molar-refractivity contribution in [2.24, 2.45) is 0 Å². The lowest BCUT2D eigenvalue weighted by Crippen LogP contribution is -2.11. The standard InChI is InChI=1S/C27H22F6/c1-2-3-4-5-6-16-7-9-19-17(13-16)8-10-22-21(19)12-11-20(26(22)30)18-14-23(28)25(24(29)15-18)27(31,32)33/h7-15H,2-6H2,1H3. The van der Waals surface area contributed by atoms with Crippen molar-refractivity contribution in [3.63, 3.8) is 0 Å². The van der Waals surface area contributed by atoms with E-state index in [1.165, 1.54) is 30.9 Å². The number of aryl methyl sites for hydroxylation is 1. The van der Waals surface area contributed by atoms with E-state index in [2.05, 4.69) is 13.0 Å². The highest BCUT2D eigenvalue weighted by Crippen LogP contribution is 2.38. The number of alkyl halides is 3. The van der Waals surface area contributed by atoms with Crippen molar-refractivity contribution in [1.29, 1.82) is 0 Å². The van der Waals surface area contributed by atoms with Gasteiger partial charge in [0.15, 0.2) is 0 Å². The Morgan fingerprint density at radius 3 is 2.03 bits per heavy atom. The zero-order chi connectivity index (χ0) is 23.8. The zero-order valence-corrected chi connectivity index (χ0v) is 18.0. The third-order valence-corrected chi connectivity index (χ3v) is 5.97. The molecule has 0 aromatic heterocycles. The van der Waals surface area contributed by atoms with Crippen LogP contribution in [0.4, 0.5) is 26.3 Å². The molecule has 0 atom stereocenters. The summed E-state index contributed by atoms with van der Waals surface area (Å²) in [5.74, 6) is -4.29. The second kappa shape index (κ2) is 9.08. The molecule has 0 saturated carbocycles. The molecule has 0 bridgehead atoms. The van der Waals surface area contributed by atoms with Gasteiger partial charge in [-0.25, -0.2) is 13.2 Å². The number of hydrogen-bond donors (Lipinski definition) is 0. The van der Waals surface area contributed by atoms with Crippen LogP contribution in [-0.2, 0) is 12.6 Å². The van der Waals surface area contributed by atoms with E-state index in [9.17, 15) is 22.0 Å². The summed E-state index contributed by atoms with van der Waals surface area (Å²) in [5, 5.41) is 2.64. The highest BCUT2D eigenvalue weighted by Gasteiger charge is 2.38. The third-order valence-electron chi connectivity index (χ3n) is 5.97. The molecule has 172 valence electrons. The number of unbranched alkanes of at least 4 members (excludes halogenated alkanes) is 3. The van der Waals surface area contributed by atoms with Gasteiger partial charge >= 0.3 is 6.18 Å². The maximum atomic E-state index is 15.3. The lowest BCUT2D eigenvalue weighted by molar-refractivity contribution is -0.142. The van der Waals surface area contributed by atoms with Gasteiger partial charge in [0.25, 0.3) is 0 Å². The second-order valence-corrected chi connectivity index (χ2v) is 8.27. The number of hydrogen-bond acceptors (Lipinski definition) is 0. The van der Waals surface area contributed by atoms with E-state index >= 15 is 4.39 Å². The minimum atomic E-state index is -5.18. The van der Waals surface area contributed by atoms with Gasteiger partial charge in [-0.2, -0.15) is 13.2 Å². The van der Waals surface area contributed by atoms with E-state index in [1.807, 2.05) is 12.1 Å². The van der Waals surface area contributed by atoms with Crippen LogP contribution in [0.3, 0.4) is 0 Å². The number of halogens is 6. The third kappa shape index (κ3) is 4.56. The molecule has 0 N–H and O–H groups in total. The van der Waals surface area contributed by atoms with Gasteiger partial charge in [-0.3, -0.25) is 0 Å². The fourth-order valence-electron chi connectivity index (χ4n) is 4.29. The molecule has 0 saturated heterocycles. The molecule has 4 aromatic rings. The Bertz CT molecular complexity index is 1300. The summed E-state index contributed by atoms with van der Waals surface area (Å²) >= 11 is 0. The Balaban J connectivity index is 1.74. The van der Waals surface area contributed by atoms with E-state index in [0.29, 0.717) is 17.5 Å². The molecule has 33 heavy (non-hydrogen) atoms. The molecule has 0 aliphatic heterocycles. The van der Waals surface area contributed by atoms with Gasteiger partial charge in [0.1, 0.15) is 23.0 Å². The smallest absolute Gasteiger partial charge is 0.206 e. The fourth-order valence-corrected chi connectivity index (χ4v) is 4.29. The Hall–Kier alpha value is -3.02. The van der Waals surface area contributed by atoms with Crippen molar-refractivity contribution in [3.05, 3.63) is 83.2 Å². The Morgan fingerprint density at radius 1 is 0.697 bits per heavy atom. The van der Waals surface area contributed by atoms with Gasteiger partial charge in [-0.05, 0) is 52.3 Å². The first kappa shape index (κ1) is 23.1. The van der Waals surface area contributed by atoms with Gasteiger partial charge in [0.2, 0.25) is 0 Å². The molecule has 0 nitrogen and oxygen atoms in total. The van der Waals surface area contributed by atoms with Gasteiger partial charge < -0.3 is 0 Å². The van der Waals surface area contributed by atoms with Crippen LogP contribution in [0, 0.1) is 17.5 Å². The van der Waals surface area contributed by atoms with Crippen molar-refractivity contribution in [1.82, 2.24) is 0 Å². The van der Waals surface area contributed by atoms with Crippen LogP contribution in [0.25, 0.3) is 32.7 Å². The van der Waals surface area contributed by atoms with Gasteiger partial charge in [-0.1, -0.05) is 68.7 Å². The first-order chi connectivity index (χ1) is 15.7. The van der Waals surface area contributed by atoms with Crippen LogP contribution in [0.5, 0.6) is 0 Å². The van der Waals surface area contributed by atoms with Crippen molar-refractivity contribution in [3.8, 4) is 11.1 Å². The normalized spacial score (nSPS) is 12.1. The molecular formula is C27H22F6. The number of rotatable bonds is 6. The first-order valence-corrected chi connectivity index (χ1v) is 10.9. The molecular weight excluding hydrogens is 438 g/mol. The van der Waals surface area contributed by atoms with Crippen LogP contribution in [0.1, 0.15) is 43.7 Å². The van der Waals surface area contributed by atoms with Crippen LogP contribution in [0.15, 0.2) is 54.6 Å². The topological polar surface area (TPSA) is 0 Å². The molecule has 0 aliphatic carbocycles. The molecule has 6 heteroatoms. The van der Waals surface area contributed by atoms with Crippen molar-refractivity contribution in [2.45, 2.75) is 45.2 Å². The molecule has 4 aromatic carbocycles. The van der Waals surface area contributed by atoms with Gasteiger partial charge in [-0.15, -0.1) is 0 Å². The SMILES string of the molecule is CCCCCCc1ccc2c(ccc3c(F)c(-c4cc(F)c(C(F)(F)F)c(F)c4)ccc32)c1. The van der Waals surface area contributed by atoms with Crippen LogP contribution in [0.2, 0.25) is 0 Å². The lowest BCUT2D eigenvalue weighted by Gasteiger charge is -2.13. The maximum absolute atomic E-state index is 15.3. The minimum absolute atomic E-state index is 0.166. The molecule has 0 amide bonds. The van der Waals surface area contributed by atoms with Crippen LogP contribution >= 0.6 is 0 Å². The highest BCUT2D eigenvalue weighted by atomic mass is 19.4. The largest absolute Gasteiger partial charge is 0.422 e. The molecule has 0 radical (unpaired) electrons. The molecule has 0 heterocycles. The highest BCUT2D eigenvalue weighted by molar-refractivity contribution is 6.08. The monoisotopic (exact) mass is 460 g/mol. The van der Waals surface area contributed by atoms with E-state index in [1.54, 1.807) is 18.2 Å². The molecule has 0 unspecified atom stereocenters. The average molecular weight is 460 g/mol. The summed E-state index contributed by atoms with van der Waals surface area (Å²) in [6, 6.07) is 13.4. The fraction of sp³-hybridized carbons (Fsp3) is 0.259. The Labute approximate surface area is 187 Å². The predicted molar refractivity (Wildman–Crippen MR) is 120 cm³/mol. The maximum Gasteiger partial charge on any atom is 0.422 e. The first-order valence-electron chi connectivity index (χ1n) is 10.9. The summed E-state index contributed by atoms with van der Waals surface area (Å²) in [5.41, 5.74) is -1.24. The van der Waals surface area contributed by atoms with Crippen molar-refractivity contribution < 1.29 is 26.3 Å². The van der Waals surface area contributed by atoms with Gasteiger partial charge in [0, 0.05) is 10.9 Å². The quantitative estimate of drug-likeness (QED) is 0.153. The Morgan fingerprint density at radius 2 is 1.36 bits per heavy atom. The summed E-state index contributed by atoms with van der Waals surface area (Å²) in [6.07, 6.45) is 0.431. The van der Waals surface area contributed by atoms with E-state index < -0.39 is 29.2 Å². The second-order valence-electron chi connectivity index (χ2n) is 8.27. The van der Waals surface area contributed by atoms with Crippen molar-refractivity contribution >= 4 is 21.5 Å². The molecule has 4 rings (SSSR count). The number of fused-ring (bicyclic) bond motifs is 3. The molecule has 0 aliphatic rings.